The zero-order valence-electron chi connectivity index (χ0n) is 12.1. The van der Waals surface area contributed by atoms with Gasteiger partial charge in [-0.25, -0.2) is 0 Å². The molecule has 0 saturated heterocycles. The number of hydrogen-bond donors (Lipinski definition) is 3. The summed E-state index contributed by atoms with van der Waals surface area (Å²) in [4.78, 5) is 23.0. The van der Waals surface area contributed by atoms with Crippen molar-refractivity contribution in [2.45, 2.75) is 53.1 Å². The molecule has 0 aliphatic rings. The van der Waals surface area contributed by atoms with E-state index in [1.807, 2.05) is 27.7 Å². The van der Waals surface area contributed by atoms with Crippen molar-refractivity contribution < 1.29 is 14.7 Å². The van der Waals surface area contributed by atoms with Crippen molar-refractivity contribution in [2.24, 2.45) is 5.41 Å². The topological polar surface area (TPSA) is 78.4 Å². The number of carbonyl (C=O) groups excluding carboxylic acids is 2. The first kappa shape index (κ1) is 16.9. The predicted molar refractivity (Wildman–Crippen MR) is 71.0 cm³/mol. The monoisotopic (exact) mass is 258 g/mol. The summed E-state index contributed by atoms with van der Waals surface area (Å²) in [6.07, 6.45) is 0.801. The maximum atomic E-state index is 11.5. The van der Waals surface area contributed by atoms with Gasteiger partial charge in [0.15, 0.2) is 0 Å². The van der Waals surface area contributed by atoms with E-state index in [1.54, 1.807) is 6.92 Å². The predicted octanol–water partition coefficient (Wildman–Crippen LogP) is 0.816. The summed E-state index contributed by atoms with van der Waals surface area (Å²) in [5.41, 5.74) is -1.31. The fourth-order valence-corrected chi connectivity index (χ4v) is 1.06. The fourth-order valence-electron chi connectivity index (χ4n) is 1.06. The van der Waals surface area contributed by atoms with Crippen LogP contribution in [0.4, 0.5) is 0 Å². The van der Waals surface area contributed by atoms with Crippen LogP contribution < -0.4 is 10.6 Å². The maximum absolute atomic E-state index is 11.5. The summed E-state index contributed by atoms with van der Waals surface area (Å²) in [6.45, 7) is 9.54. The third-order valence-electron chi connectivity index (χ3n) is 2.75. The average Bonchev–Trinajstić information content (AvgIpc) is 2.25. The van der Waals surface area contributed by atoms with E-state index in [0.717, 1.165) is 0 Å². The molecule has 1 atom stereocenters. The van der Waals surface area contributed by atoms with Gasteiger partial charge in [0.25, 0.3) is 0 Å². The Hall–Kier alpha value is -1.10. The highest BCUT2D eigenvalue weighted by molar-refractivity contribution is 5.82. The van der Waals surface area contributed by atoms with Crippen LogP contribution in [0.3, 0.4) is 0 Å². The second-order valence-electron chi connectivity index (χ2n) is 5.88. The molecule has 106 valence electrons. The van der Waals surface area contributed by atoms with E-state index >= 15 is 0 Å². The van der Waals surface area contributed by atoms with Crippen LogP contribution in [0.1, 0.15) is 47.5 Å². The Morgan fingerprint density at radius 1 is 1.11 bits per heavy atom. The highest BCUT2D eigenvalue weighted by atomic mass is 16.3. The number of aliphatic hydroxyl groups is 1. The Morgan fingerprint density at radius 2 is 1.67 bits per heavy atom. The van der Waals surface area contributed by atoms with E-state index in [-0.39, 0.29) is 24.8 Å². The molecule has 2 amide bonds. The van der Waals surface area contributed by atoms with Crippen LogP contribution in [-0.4, -0.2) is 35.6 Å². The Kier molecular flexibility index (Phi) is 6.32. The Morgan fingerprint density at radius 3 is 2.11 bits per heavy atom. The maximum Gasteiger partial charge on any atom is 0.225 e. The molecule has 1 unspecified atom stereocenters. The Labute approximate surface area is 109 Å². The van der Waals surface area contributed by atoms with Gasteiger partial charge in [-0.15, -0.1) is 0 Å². The van der Waals surface area contributed by atoms with Crippen LogP contribution in [0.25, 0.3) is 0 Å². The van der Waals surface area contributed by atoms with Gasteiger partial charge in [-0.1, -0.05) is 27.7 Å². The summed E-state index contributed by atoms with van der Waals surface area (Å²) >= 11 is 0. The van der Waals surface area contributed by atoms with E-state index in [2.05, 4.69) is 10.6 Å². The van der Waals surface area contributed by atoms with Crippen molar-refractivity contribution in [3.05, 3.63) is 0 Å². The van der Waals surface area contributed by atoms with Gasteiger partial charge in [-0.3, -0.25) is 9.59 Å². The molecule has 0 aromatic rings. The van der Waals surface area contributed by atoms with E-state index in [0.29, 0.717) is 13.0 Å². The van der Waals surface area contributed by atoms with Gasteiger partial charge in [0, 0.05) is 24.9 Å². The minimum absolute atomic E-state index is 0.0733. The first-order valence-electron chi connectivity index (χ1n) is 6.36. The molecule has 0 aromatic heterocycles. The minimum atomic E-state index is -0.871. The highest BCUT2D eigenvalue weighted by Crippen LogP contribution is 2.12. The number of hydrogen-bond acceptors (Lipinski definition) is 3. The van der Waals surface area contributed by atoms with Crippen molar-refractivity contribution in [1.29, 1.82) is 0 Å². The third kappa shape index (κ3) is 7.27. The summed E-state index contributed by atoms with van der Waals surface area (Å²) in [7, 11) is 0. The summed E-state index contributed by atoms with van der Waals surface area (Å²) in [5.74, 6) is -0.242. The van der Waals surface area contributed by atoms with Gasteiger partial charge in [0.2, 0.25) is 11.8 Å². The van der Waals surface area contributed by atoms with Crippen LogP contribution >= 0.6 is 0 Å². The molecule has 0 saturated carbocycles. The highest BCUT2D eigenvalue weighted by Gasteiger charge is 2.21. The zero-order valence-corrected chi connectivity index (χ0v) is 12.1. The smallest absolute Gasteiger partial charge is 0.225 e. The molecule has 0 rings (SSSR count). The van der Waals surface area contributed by atoms with Crippen molar-refractivity contribution in [3.63, 3.8) is 0 Å². The molecule has 18 heavy (non-hydrogen) atoms. The molecule has 0 aliphatic heterocycles. The van der Waals surface area contributed by atoms with E-state index in [1.165, 1.54) is 0 Å². The van der Waals surface area contributed by atoms with Crippen LogP contribution in [0.2, 0.25) is 0 Å². The van der Waals surface area contributed by atoms with Gasteiger partial charge in [-0.05, 0) is 13.3 Å². The van der Waals surface area contributed by atoms with Gasteiger partial charge in [0.05, 0.1) is 5.60 Å². The molecular formula is C13H26N2O3. The molecule has 0 spiro atoms. The SMILES string of the molecule is CCC(C)(O)CNC(=O)CCNC(=O)C(C)(C)C. The quantitative estimate of drug-likeness (QED) is 0.660. The van der Waals surface area contributed by atoms with Gasteiger partial charge in [0.1, 0.15) is 0 Å². The first-order chi connectivity index (χ1) is 8.08. The van der Waals surface area contributed by atoms with Gasteiger partial charge >= 0.3 is 0 Å². The number of rotatable bonds is 6. The van der Waals surface area contributed by atoms with Crippen LogP contribution in [0.15, 0.2) is 0 Å². The van der Waals surface area contributed by atoms with Crippen molar-refractivity contribution >= 4 is 11.8 Å². The lowest BCUT2D eigenvalue weighted by atomic mass is 9.96. The molecule has 0 aromatic carbocycles. The summed E-state index contributed by atoms with van der Waals surface area (Å²) < 4.78 is 0. The lowest BCUT2D eigenvalue weighted by molar-refractivity contribution is -0.128. The van der Waals surface area contributed by atoms with Crippen LogP contribution in [0, 0.1) is 5.41 Å². The van der Waals surface area contributed by atoms with E-state index in [9.17, 15) is 14.7 Å². The van der Waals surface area contributed by atoms with Crippen molar-refractivity contribution in [3.8, 4) is 0 Å². The standard InChI is InChI=1S/C13H26N2O3/c1-6-13(5,18)9-15-10(16)7-8-14-11(17)12(2,3)4/h18H,6-9H2,1-5H3,(H,14,17)(H,15,16). The third-order valence-corrected chi connectivity index (χ3v) is 2.75. The molecular weight excluding hydrogens is 232 g/mol. The van der Waals surface area contributed by atoms with E-state index in [4.69, 9.17) is 0 Å². The molecule has 0 fully saturated rings. The van der Waals surface area contributed by atoms with Crippen molar-refractivity contribution in [1.82, 2.24) is 10.6 Å². The zero-order chi connectivity index (χ0) is 14.4. The molecule has 0 radical (unpaired) electrons. The second-order valence-corrected chi connectivity index (χ2v) is 5.88. The molecule has 0 bridgehead atoms. The van der Waals surface area contributed by atoms with Gasteiger partial charge < -0.3 is 15.7 Å². The Balaban J connectivity index is 3.83. The average molecular weight is 258 g/mol. The first-order valence-corrected chi connectivity index (χ1v) is 6.36. The molecule has 3 N–H and O–H groups in total. The van der Waals surface area contributed by atoms with Crippen LogP contribution in [-0.2, 0) is 9.59 Å². The summed E-state index contributed by atoms with van der Waals surface area (Å²) in [6, 6.07) is 0. The Bertz CT molecular complexity index is 293. The fraction of sp³-hybridized carbons (Fsp3) is 0.846. The van der Waals surface area contributed by atoms with Crippen LogP contribution in [0.5, 0.6) is 0 Å². The van der Waals surface area contributed by atoms with Gasteiger partial charge in [-0.2, -0.15) is 0 Å². The lowest BCUT2D eigenvalue weighted by Gasteiger charge is -2.21. The number of nitrogens with one attached hydrogen (secondary N) is 2. The summed E-state index contributed by atoms with van der Waals surface area (Å²) in [5, 5.41) is 15.1. The molecule has 0 aliphatic carbocycles. The van der Waals surface area contributed by atoms with Crippen molar-refractivity contribution in [2.75, 3.05) is 13.1 Å². The number of carbonyl (C=O) groups is 2. The molecule has 5 heteroatoms. The minimum Gasteiger partial charge on any atom is -0.388 e. The lowest BCUT2D eigenvalue weighted by Crippen LogP contribution is -2.42. The largest absolute Gasteiger partial charge is 0.388 e. The number of amides is 2. The van der Waals surface area contributed by atoms with E-state index < -0.39 is 11.0 Å². The molecule has 0 heterocycles. The normalized spacial score (nSPS) is 14.8. The second kappa shape index (κ2) is 6.73. The molecule has 5 nitrogen and oxygen atoms in total.